The van der Waals surface area contributed by atoms with E-state index in [2.05, 4.69) is 10.2 Å². The SMILES string of the molecule is CCOc1cc(CN(C)CC(C)C(=O)NC)ccc1O. The Morgan fingerprint density at radius 2 is 2.20 bits per heavy atom. The summed E-state index contributed by atoms with van der Waals surface area (Å²) < 4.78 is 5.36. The van der Waals surface area contributed by atoms with Crippen molar-refractivity contribution in [1.29, 1.82) is 0 Å². The third-order valence-electron chi connectivity index (χ3n) is 3.06. The van der Waals surface area contributed by atoms with Gasteiger partial charge in [0.05, 0.1) is 6.61 Å². The normalized spacial score (nSPS) is 12.2. The molecule has 0 spiro atoms. The molecule has 0 heterocycles. The van der Waals surface area contributed by atoms with E-state index in [4.69, 9.17) is 4.74 Å². The first kappa shape index (κ1) is 16.3. The topological polar surface area (TPSA) is 61.8 Å². The molecular weight excluding hydrogens is 256 g/mol. The Kier molecular flexibility index (Phi) is 6.31. The lowest BCUT2D eigenvalue weighted by Gasteiger charge is -2.20. The molecule has 0 saturated heterocycles. The monoisotopic (exact) mass is 280 g/mol. The maximum atomic E-state index is 11.5. The van der Waals surface area contributed by atoms with Crippen molar-refractivity contribution in [1.82, 2.24) is 10.2 Å². The van der Waals surface area contributed by atoms with Gasteiger partial charge in [-0.1, -0.05) is 13.0 Å². The van der Waals surface area contributed by atoms with Crippen molar-refractivity contribution >= 4 is 5.91 Å². The highest BCUT2D eigenvalue weighted by molar-refractivity contribution is 5.78. The van der Waals surface area contributed by atoms with Gasteiger partial charge in [-0.15, -0.1) is 0 Å². The molecule has 1 amide bonds. The minimum Gasteiger partial charge on any atom is -0.504 e. The van der Waals surface area contributed by atoms with Crippen LogP contribution in [0.3, 0.4) is 0 Å². The number of phenols is 1. The molecule has 2 N–H and O–H groups in total. The van der Waals surface area contributed by atoms with Crippen LogP contribution < -0.4 is 10.1 Å². The van der Waals surface area contributed by atoms with Crippen LogP contribution in [0.4, 0.5) is 0 Å². The Morgan fingerprint density at radius 3 is 2.80 bits per heavy atom. The lowest BCUT2D eigenvalue weighted by Crippen LogP contribution is -2.34. The van der Waals surface area contributed by atoms with Gasteiger partial charge < -0.3 is 20.1 Å². The molecule has 0 aliphatic rings. The van der Waals surface area contributed by atoms with E-state index < -0.39 is 0 Å². The van der Waals surface area contributed by atoms with Crippen LogP contribution in [0.2, 0.25) is 0 Å². The second-order valence-corrected chi connectivity index (χ2v) is 4.95. The van der Waals surface area contributed by atoms with Crippen molar-refractivity contribution in [3.05, 3.63) is 23.8 Å². The molecular formula is C15H24N2O3. The van der Waals surface area contributed by atoms with Gasteiger partial charge in [-0.2, -0.15) is 0 Å². The van der Waals surface area contributed by atoms with Gasteiger partial charge in [-0.3, -0.25) is 4.79 Å². The fraction of sp³-hybridized carbons (Fsp3) is 0.533. The number of aromatic hydroxyl groups is 1. The Hall–Kier alpha value is -1.75. The Bertz CT molecular complexity index is 449. The molecule has 1 rings (SSSR count). The lowest BCUT2D eigenvalue weighted by molar-refractivity contribution is -0.124. The molecule has 5 heteroatoms. The van der Waals surface area contributed by atoms with Crippen molar-refractivity contribution < 1.29 is 14.6 Å². The van der Waals surface area contributed by atoms with Gasteiger partial charge in [0, 0.05) is 26.1 Å². The van der Waals surface area contributed by atoms with E-state index in [0.717, 1.165) is 5.56 Å². The Labute approximate surface area is 120 Å². The molecule has 1 aromatic carbocycles. The quantitative estimate of drug-likeness (QED) is 0.796. The summed E-state index contributed by atoms with van der Waals surface area (Å²) in [7, 11) is 3.61. The fourth-order valence-electron chi connectivity index (χ4n) is 2.10. The van der Waals surface area contributed by atoms with Crippen LogP contribution in [0.25, 0.3) is 0 Å². The number of carbonyl (C=O) groups excluding carboxylic acids is 1. The highest BCUT2D eigenvalue weighted by Gasteiger charge is 2.14. The molecule has 112 valence electrons. The average Bonchev–Trinajstić information content (AvgIpc) is 2.41. The van der Waals surface area contributed by atoms with Crippen LogP contribution >= 0.6 is 0 Å². The smallest absolute Gasteiger partial charge is 0.223 e. The summed E-state index contributed by atoms with van der Waals surface area (Å²) in [5.41, 5.74) is 1.04. The lowest BCUT2D eigenvalue weighted by atomic mass is 10.1. The maximum Gasteiger partial charge on any atom is 0.223 e. The number of benzene rings is 1. The number of nitrogens with zero attached hydrogens (tertiary/aromatic N) is 1. The molecule has 0 radical (unpaired) electrons. The van der Waals surface area contributed by atoms with E-state index in [1.165, 1.54) is 0 Å². The number of rotatable bonds is 7. The Balaban J connectivity index is 2.63. The van der Waals surface area contributed by atoms with Crippen LogP contribution in [-0.4, -0.2) is 43.2 Å². The van der Waals surface area contributed by atoms with E-state index in [-0.39, 0.29) is 17.6 Å². The molecule has 1 aromatic rings. The summed E-state index contributed by atoms with van der Waals surface area (Å²) in [5, 5.41) is 12.3. The summed E-state index contributed by atoms with van der Waals surface area (Å²) in [6.07, 6.45) is 0. The van der Waals surface area contributed by atoms with Gasteiger partial charge in [0.1, 0.15) is 0 Å². The van der Waals surface area contributed by atoms with Crippen molar-refractivity contribution in [2.45, 2.75) is 20.4 Å². The molecule has 5 nitrogen and oxygen atoms in total. The largest absolute Gasteiger partial charge is 0.504 e. The number of hydrogen-bond acceptors (Lipinski definition) is 4. The second-order valence-electron chi connectivity index (χ2n) is 4.95. The van der Waals surface area contributed by atoms with E-state index in [1.807, 2.05) is 33.0 Å². The van der Waals surface area contributed by atoms with Crippen molar-refractivity contribution in [2.24, 2.45) is 5.92 Å². The zero-order valence-electron chi connectivity index (χ0n) is 12.6. The van der Waals surface area contributed by atoms with Gasteiger partial charge in [0.25, 0.3) is 0 Å². The molecule has 0 fully saturated rings. The summed E-state index contributed by atoms with van der Waals surface area (Å²) in [6, 6.07) is 5.33. The maximum absolute atomic E-state index is 11.5. The zero-order valence-corrected chi connectivity index (χ0v) is 12.6. The summed E-state index contributed by atoms with van der Waals surface area (Å²) in [5.74, 6) is 0.626. The molecule has 0 aliphatic heterocycles. The summed E-state index contributed by atoms with van der Waals surface area (Å²) in [4.78, 5) is 13.6. The minimum absolute atomic E-state index is 0.0394. The Morgan fingerprint density at radius 1 is 1.50 bits per heavy atom. The van der Waals surface area contributed by atoms with Crippen molar-refractivity contribution in [3.8, 4) is 11.5 Å². The van der Waals surface area contributed by atoms with E-state index in [1.54, 1.807) is 13.1 Å². The number of carbonyl (C=O) groups is 1. The molecule has 0 aromatic heterocycles. The standard InChI is InChI=1S/C15H24N2O3/c1-5-20-14-8-12(6-7-13(14)18)10-17(4)9-11(2)15(19)16-3/h6-8,11,18H,5,9-10H2,1-4H3,(H,16,19). The molecule has 0 bridgehead atoms. The molecule has 20 heavy (non-hydrogen) atoms. The van der Waals surface area contributed by atoms with Gasteiger partial charge in [0.2, 0.25) is 5.91 Å². The summed E-state index contributed by atoms with van der Waals surface area (Å²) >= 11 is 0. The molecule has 0 aliphatic carbocycles. The minimum atomic E-state index is -0.0616. The number of amides is 1. The first-order valence-corrected chi connectivity index (χ1v) is 6.82. The van der Waals surface area contributed by atoms with Gasteiger partial charge >= 0.3 is 0 Å². The first-order chi connectivity index (χ1) is 9.47. The van der Waals surface area contributed by atoms with Crippen molar-refractivity contribution in [2.75, 3.05) is 27.2 Å². The van der Waals surface area contributed by atoms with Crippen LogP contribution in [0, 0.1) is 5.92 Å². The second kappa shape index (κ2) is 7.75. The third kappa shape index (κ3) is 4.74. The molecule has 1 unspecified atom stereocenters. The van der Waals surface area contributed by atoms with Gasteiger partial charge in [0.15, 0.2) is 11.5 Å². The van der Waals surface area contributed by atoms with Crippen LogP contribution in [0.1, 0.15) is 19.4 Å². The number of nitrogens with one attached hydrogen (secondary N) is 1. The fourth-order valence-corrected chi connectivity index (χ4v) is 2.10. The third-order valence-corrected chi connectivity index (χ3v) is 3.06. The average molecular weight is 280 g/mol. The van der Waals surface area contributed by atoms with E-state index in [9.17, 15) is 9.90 Å². The van der Waals surface area contributed by atoms with Crippen LogP contribution in [0.5, 0.6) is 11.5 Å². The van der Waals surface area contributed by atoms with Gasteiger partial charge in [-0.25, -0.2) is 0 Å². The van der Waals surface area contributed by atoms with E-state index in [0.29, 0.717) is 25.4 Å². The highest BCUT2D eigenvalue weighted by atomic mass is 16.5. The first-order valence-electron chi connectivity index (χ1n) is 6.82. The van der Waals surface area contributed by atoms with E-state index >= 15 is 0 Å². The predicted octanol–water partition coefficient (Wildman–Crippen LogP) is 1.60. The predicted molar refractivity (Wildman–Crippen MR) is 78.8 cm³/mol. The van der Waals surface area contributed by atoms with Crippen LogP contribution in [0.15, 0.2) is 18.2 Å². The van der Waals surface area contributed by atoms with Gasteiger partial charge in [-0.05, 0) is 31.7 Å². The van der Waals surface area contributed by atoms with Crippen LogP contribution in [-0.2, 0) is 11.3 Å². The van der Waals surface area contributed by atoms with Crippen molar-refractivity contribution in [3.63, 3.8) is 0 Å². The number of phenolic OH excluding ortho intramolecular Hbond substituents is 1. The highest BCUT2D eigenvalue weighted by Crippen LogP contribution is 2.27. The number of hydrogen-bond donors (Lipinski definition) is 2. The number of ether oxygens (including phenoxy) is 1. The molecule has 1 atom stereocenters. The molecule has 0 saturated carbocycles. The summed E-state index contributed by atoms with van der Waals surface area (Å²) in [6.45, 7) is 5.66. The zero-order chi connectivity index (χ0) is 15.1.